The lowest BCUT2D eigenvalue weighted by Gasteiger charge is -2.15. The molecular weight excluding hydrogens is 242 g/mol. The van der Waals surface area contributed by atoms with Gasteiger partial charge in [-0.1, -0.05) is 0 Å². The molecule has 0 aromatic carbocycles. The fourth-order valence-electron chi connectivity index (χ4n) is 2.42. The molecule has 100 valence electrons. The van der Waals surface area contributed by atoms with Gasteiger partial charge in [-0.15, -0.1) is 0 Å². The van der Waals surface area contributed by atoms with Crippen LogP contribution in [0.1, 0.15) is 19.3 Å². The quantitative estimate of drug-likeness (QED) is 0.886. The highest BCUT2D eigenvalue weighted by Gasteiger charge is 2.37. The number of pyridine rings is 1. The summed E-state index contributed by atoms with van der Waals surface area (Å²) < 4.78 is 0. The zero-order valence-electron chi connectivity index (χ0n) is 10.7. The van der Waals surface area contributed by atoms with Crippen molar-refractivity contribution in [1.29, 1.82) is 0 Å². The van der Waals surface area contributed by atoms with E-state index in [4.69, 9.17) is 0 Å². The lowest BCUT2D eigenvalue weighted by molar-refractivity contribution is -0.128. The van der Waals surface area contributed by atoms with E-state index in [1.54, 1.807) is 24.5 Å². The Morgan fingerprint density at radius 3 is 3.00 bits per heavy atom. The van der Waals surface area contributed by atoms with E-state index in [-0.39, 0.29) is 17.7 Å². The predicted molar refractivity (Wildman–Crippen MR) is 70.3 cm³/mol. The van der Waals surface area contributed by atoms with E-state index < -0.39 is 0 Å². The first kappa shape index (κ1) is 12.1. The fraction of sp³-hybridized carbons (Fsp3) is 0.500. The Hall–Kier alpha value is -1.91. The minimum atomic E-state index is -0.230. The van der Waals surface area contributed by atoms with E-state index >= 15 is 0 Å². The van der Waals surface area contributed by atoms with Crippen molar-refractivity contribution in [2.45, 2.75) is 19.3 Å². The number of likely N-dealkylation sites (tertiary alicyclic amines) is 1. The largest absolute Gasteiger partial charge is 0.342 e. The Morgan fingerprint density at radius 1 is 1.47 bits per heavy atom. The number of amides is 2. The van der Waals surface area contributed by atoms with Crippen molar-refractivity contribution < 1.29 is 9.59 Å². The minimum absolute atomic E-state index is 0.0837. The van der Waals surface area contributed by atoms with Crippen LogP contribution in [0.4, 0.5) is 5.69 Å². The summed E-state index contributed by atoms with van der Waals surface area (Å²) in [4.78, 5) is 29.7. The summed E-state index contributed by atoms with van der Waals surface area (Å²) in [6, 6.07) is 3.57. The molecule has 1 unspecified atom stereocenters. The Balaban J connectivity index is 1.57. The molecule has 2 amide bonds. The van der Waals surface area contributed by atoms with Gasteiger partial charge in [-0.25, -0.2) is 0 Å². The molecule has 1 N–H and O–H groups in total. The summed E-state index contributed by atoms with van der Waals surface area (Å²) >= 11 is 0. The SMILES string of the molecule is O=C(Nc1cccnc1)C1CC(=O)N(CC2CC2)C1. The highest BCUT2D eigenvalue weighted by Crippen LogP contribution is 2.32. The third-order valence-corrected chi connectivity index (χ3v) is 3.69. The van der Waals surface area contributed by atoms with E-state index in [1.165, 1.54) is 12.8 Å². The van der Waals surface area contributed by atoms with Gasteiger partial charge in [0.15, 0.2) is 0 Å². The normalized spacial score (nSPS) is 22.6. The van der Waals surface area contributed by atoms with Crippen LogP contribution in [0.15, 0.2) is 24.5 Å². The van der Waals surface area contributed by atoms with Gasteiger partial charge in [-0.2, -0.15) is 0 Å². The molecule has 1 aromatic rings. The molecule has 0 bridgehead atoms. The van der Waals surface area contributed by atoms with E-state index in [2.05, 4.69) is 10.3 Å². The van der Waals surface area contributed by atoms with Crippen LogP contribution in [0.3, 0.4) is 0 Å². The van der Waals surface area contributed by atoms with Crippen LogP contribution < -0.4 is 5.32 Å². The number of rotatable bonds is 4. The lowest BCUT2D eigenvalue weighted by Crippen LogP contribution is -2.29. The maximum Gasteiger partial charge on any atom is 0.229 e. The molecule has 1 aromatic heterocycles. The van der Waals surface area contributed by atoms with Gasteiger partial charge in [0.05, 0.1) is 17.8 Å². The van der Waals surface area contributed by atoms with Gasteiger partial charge in [0, 0.05) is 25.7 Å². The predicted octanol–water partition coefficient (Wildman–Crippen LogP) is 1.28. The van der Waals surface area contributed by atoms with Crippen LogP contribution in [-0.4, -0.2) is 34.8 Å². The number of aromatic nitrogens is 1. The van der Waals surface area contributed by atoms with Crippen LogP contribution in [-0.2, 0) is 9.59 Å². The molecule has 1 aliphatic carbocycles. The zero-order chi connectivity index (χ0) is 13.2. The molecular formula is C14H17N3O2. The number of carbonyl (C=O) groups excluding carboxylic acids is 2. The molecule has 19 heavy (non-hydrogen) atoms. The number of nitrogens with zero attached hydrogens (tertiary/aromatic N) is 2. The Labute approximate surface area is 112 Å². The standard InChI is InChI=1S/C14H17N3O2/c18-13-6-11(9-17(13)8-10-3-4-10)14(19)16-12-2-1-5-15-7-12/h1-2,5,7,10-11H,3-4,6,8-9H2,(H,16,19). The van der Waals surface area contributed by atoms with Crippen molar-refractivity contribution in [3.8, 4) is 0 Å². The van der Waals surface area contributed by atoms with Crippen LogP contribution in [0.5, 0.6) is 0 Å². The highest BCUT2D eigenvalue weighted by atomic mass is 16.2. The second-order valence-corrected chi connectivity index (χ2v) is 5.37. The molecule has 2 heterocycles. The summed E-state index contributed by atoms with van der Waals surface area (Å²) in [7, 11) is 0. The molecule has 2 aliphatic rings. The van der Waals surface area contributed by atoms with E-state index in [0.717, 1.165) is 6.54 Å². The molecule has 5 heteroatoms. The first-order valence-electron chi connectivity index (χ1n) is 6.71. The Kier molecular flexibility index (Phi) is 3.19. The van der Waals surface area contributed by atoms with Crippen molar-refractivity contribution >= 4 is 17.5 Å². The van der Waals surface area contributed by atoms with Gasteiger partial charge >= 0.3 is 0 Å². The maximum absolute atomic E-state index is 12.1. The van der Waals surface area contributed by atoms with Crippen LogP contribution >= 0.6 is 0 Å². The molecule has 3 rings (SSSR count). The first-order chi connectivity index (χ1) is 9.22. The van der Waals surface area contributed by atoms with E-state index in [1.807, 2.05) is 4.90 Å². The summed E-state index contributed by atoms with van der Waals surface area (Å²) in [5.74, 6) is 0.466. The highest BCUT2D eigenvalue weighted by molar-refractivity contribution is 5.97. The smallest absolute Gasteiger partial charge is 0.229 e. The molecule has 1 aliphatic heterocycles. The number of hydrogen-bond acceptors (Lipinski definition) is 3. The molecule has 0 radical (unpaired) electrons. The first-order valence-corrected chi connectivity index (χ1v) is 6.71. The molecule has 5 nitrogen and oxygen atoms in total. The van der Waals surface area contributed by atoms with Crippen molar-refractivity contribution in [3.63, 3.8) is 0 Å². The zero-order valence-corrected chi connectivity index (χ0v) is 10.7. The van der Waals surface area contributed by atoms with Crippen molar-refractivity contribution in [2.24, 2.45) is 11.8 Å². The number of carbonyl (C=O) groups is 2. The van der Waals surface area contributed by atoms with Gasteiger partial charge in [-0.05, 0) is 30.9 Å². The van der Waals surface area contributed by atoms with Gasteiger partial charge in [0.2, 0.25) is 11.8 Å². The van der Waals surface area contributed by atoms with Crippen molar-refractivity contribution in [1.82, 2.24) is 9.88 Å². The molecule has 0 spiro atoms. The molecule has 1 saturated carbocycles. The summed E-state index contributed by atoms with van der Waals surface area (Å²) in [6.45, 7) is 1.39. The average Bonchev–Trinajstić information content (AvgIpc) is 3.14. The summed E-state index contributed by atoms with van der Waals surface area (Å²) in [5.41, 5.74) is 0.681. The van der Waals surface area contributed by atoms with Gasteiger partial charge in [0.25, 0.3) is 0 Å². The van der Waals surface area contributed by atoms with Crippen LogP contribution in [0.25, 0.3) is 0 Å². The third kappa shape index (κ3) is 2.92. The van der Waals surface area contributed by atoms with E-state index in [9.17, 15) is 9.59 Å². The average molecular weight is 259 g/mol. The third-order valence-electron chi connectivity index (χ3n) is 3.69. The summed E-state index contributed by atoms with van der Waals surface area (Å²) in [5, 5.41) is 2.81. The number of nitrogens with one attached hydrogen (secondary N) is 1. The Bertz CT molecular complexity index is 485. The van der Waals surface area contributed by atoms with Gasteiger partial charge < -0.3 is 10.2 Å². The van der Waals surface area contributed by atoms with Crippen LogP contribution in [0.2, 0.25) is 0 Å². The second kappa shape index (κ2) is 4.99. The monoisotopic (exact) mass is 259 g/mol. The van der Waals surface area contributed by atoms with Gasteiger partial charge in [0.1, 0.15) is 0 Å². The molecule has 1 atom stereocenters. The lowest BCUT2D eigenvalue weighted by atomic mass is 10.1. The summed E-state index contributed by atoms with van der Waals surface area (Å²) in [6.07, 6.45) is 6.04. The molecule has 2 fully saturated rings. The Morgan fingerprint density at radius 2 is 2.32 bits per heavy atom. The number of anilines is 1. The van der Waals surface area contributed by atoms with Crippen molar-refractivity contribution in [3.05, 3.63) is 24.5 Å². The van der Waals surface area contributed by atoms with Gasteiger partial charge in [-0.3, -0.25) is 14.6 Å². The van der Waals surface area contributed by atoms with Crippen molar-refractivity contribution in [2.75, 3.05) is 18.4 Å². The minimum Gasteiger partial charge on any atom is -0.342 e. The number of hydrogen-bond donors (Lipinski definition) is 1. The topological polar surface area (TPSA) is 62.3 Å². The van der Waals surface area contributed by atoms with Crippen LogP contribution in [0, 0.1) is 11.8 Å². The maximum atomic E-state index is 12.1. The van der Waals surface area contributed by atoms with E-state index in [0.29, 0.717) is 24.6 Å². The fourth-order valence-corrected chi connectivity index (χ4v) is 2.42. The second-order valence-electron chi connectivity index (χ2n) is 5.37. The molecule has 1 saturated heterocycles.